The van der Waals surface area contributed by atoms with E-state index >= 15 is 0 Å². The second-order valence-electron chi connectivity index (χ2n) is 12.3. The summed E-state index contributed by atoms with van der Waals surface area (Å²) >= 11 is 1.04. The molecule has 1 aliphatic carbocycles. The van der Waals surface area contributed by atoms with Gasteiger partial charge in [0.2, 0.25) is 0 Å². The van der Waals surface area contributed by atoms with E-state index in [9.17, 15) is 4.79 Å². The Morgan fingerprint density at radius 2 is 1.67 bits per heavy atom. The van der Waals surface area contributed by atoms with Crippen molar-refractivity contribution < 1.29 is 0 Å². The molecule has 1 aliphatic heterocycles. The molecule has 8 rings (SSSR count). The van der Waals surface area contributed by atoms with Crippen LogP contribution in [0.1, 0.15) is 48.9 Å². The summed E-state index contributed by atoms with van der Waals surface area (Å²) in [6.07, 6.45) is 6.32. The number of imidazole rings is 1. The normalized spacial score (nSPS) is 19.1. The van der Waals surface area contributed by atoms with Gasteiger partial charge < -0.3 is 10.6 Å². The number of anilines is 1. The number of hydrogen-bond acceptors (Lipinski definition) is 8. The SMILES string of the molecule is Nc1ncccc1-c1nc2ccc(-c3ccccc3)nc2n1-c1ccc(C2CN(CC3CCC(c4nsc(=O)[nH]4)CC3)C2)cc1. The zero-order valence-corrected chi connectivity index (χ0v) is 25.7. The number of fused-ring (bicyclic) bond motifs is 1. The van der Waals surface area contributed by atoms with Crippen LogP contribution in [-0.4, -0.2) is 53.4 Å². The third-order valence-corrected chi connectivity index (χ3v) is 10.00. The topological polar surface area (TPSA) is 119 Å². The third kappa shape index (κ3) is 5.44. The van der Waals surface area contributed by atoms with Crippen LogP contribution >= 0.6 is 11.5 Å². The van der Waals surface area contributed by atoms with E-state index in [1.807, 2.05) is 42.5 Å². The van der Waals surface area contributed by atoms with Crippen LogP contribution in [0.15, 0.2) is 89.9 Å². The number of nitrogen functional groups attached to an aromatic ring is 1. The predicted octanol–water partition coefficient (Wildman–Crippen LogP) is 6.25. The van der Waals surface area contributed by atoms with E-state index in [1.54, 1.807) is 6.20 Å². The molecule has 3 N–H and O–H groups in total. The number of rotatable bonds is 7. The number of hydrogen-bond donors (Lipinski definition) is 2. The highest BCUT2D eigenvalue weighted by Crippen LogP contribution is 2.37. The Balaban J connectivity index is 1.00. The van der Waals surface area contributed by atoms with Crippen LogP contribution in [0.4, 0.5) is 5.82 Å². The van der Waals surface area contributed by atoms with E-state index in [1.165, 1.54) is 18.4 Å². The van der Waals surface area contributed by atoms with E-state index < -0.39 is 0 Å². The van der Waals surface area contributed by atoms with E-state index in [2.05, 4.69) is 60.2 Å². The zero-order chi connectivity index (χ0) is 30.3. The first-order valence-corrected chi connectivity index (χ1v) is 16.4. The fraction of sp³-hybridized carbons (Fsp3) is 0.286. The minimum atomic E-state index is -0.0438. The van der Waals surface area contributed by atoms with Gasteiger partial charge >= 0.3 is 4.87 Å². The van der Waals surface area contributed by atoms with Crippen LogP contribution in [0, 0.1) is 5.92 Å². The average Bonchev–Trinajstić information content (AvgIpc) is 3.67. The molecule has 2 aromatic carbocycles. The first kappa shape index (κ1) is 27.8. The maximum atomic E-state index is 11.5. The molecule has 226 valence electrons. The van der Waals surface area contributed by atoms with Crippen molar-refractivity contribution in [1.82, 2.24) is 33.8 Å². The summed E-state index contributed by atoms with van der Waals surface area (Å²) in [4.78, 5) is 31.4. The molecule has 0 spiro atoms. The van der Waals surface area contributed by atoms with Crippen molar-refractivity contribution in [3.05, 3.63) is 106 Å². The Morgan fingerprint density at radius 3 is 2.40 bits per heavy atom. The first-order valence-electron chi connectivity index (χ1n) is 15.6. The van der Waals surface area contributed by atoms with Crippen molar-refractivity contribution >= 4 is 28.5 Å². The lowest BCUT2D eigenvalue weighted by molar-refractivity contribution is 0.108. The summed E-state index contributed by atoms with van der Waals surface area (Å²) in [5.41, 5.74) is 13.0. The number of aromatic nitrogens is 6. The Morgan fingerprint density at radius 1 is 0.867 bits per heavy atom. The van der Waals surface area contributed by atoms with Crippen molar-refractivity contribution in [3.8, 4) is 28.3 Å². The van der Waals surface area contributed by atoms with Crippen LogP contribution in [0.2, 0.25) is 0 Å². The van der Waals surface area contributed by atoms with Crippen molar-refractivity contribution in [1.29, 1.82) is 0 Å². The number of likely N-dealkylation sites (tertiary alicyclic amines) is 1. The lowest BCUT2D eigenvalue weighted by Gasteiger charge is -2.42. The molecule has 1 saturated carbocycles. The van der Waals surface area contributed by atoms with Crippen LogP contribution in [0.25, 0.3) is 39.5 Å². The average molecular weight is 615 g/mol. The molecule has 10 heteroatoms. The Kier molecular flexibility index (Phi) is 7.23. The van der Waals surface area contributed by atoms with Gasteiger partial charge in [-0.1, -0.05) is 42.5 Å². The molecule has 4 aromatic heterocycles. The minimum Gasteiger partial charge on any atom is -0.383 e. The van der Waals surface area contributed by atoms with Crippen LogP contribution < -0.4 is 10.6 Å². The molecule has 0 amide bonds. The largest absolute Gasteiger partial charge is 0.383 e. The summed E-state index contributed by atoms with van der Waals surface area (Å²) < 4.78 is 6.42. The highest BCUT2D eigenvalue weighted by atomic mass is 32.1. The van der Waals surface area contributed by atoms with Crippen molar-refractivity contribution in [2.75, 3.05) is 25.4 Å². The predicted molar refractivity (Wildman–Crippen MR) is 179 cm³/mol. The Labute approximate surface area is 265 Å². The van der Waals surface area contributed by atoms with Gasteiger partial charge in [-0.05, 0) is 73.6 Å². The van der Waals surface area contributed by atoms with Gasteiger partial charge in [0.05, 0.1) is 11.3 Å². The van der Waals surface area contributed by atoms with Gasteiger partial charge in [0, 0.05) is 60.5 Å². The second-order valence-corrected chi connectivity index (χ2v) is 13.1. The molecule has 5 heterocycles. The highest BCUT2D eigenvalue weighted by Gasteiger charge is 2.32. The summed E-state index contributed by atoms with van der Waals surface area (Å²) in [5.74, 6) is 3.72. The maximum Gasteiger partial charge on any atom is 0.323 e. The summed E-state index contributed by atoms with van der Waals surface area (Å²) in [7, 11) is 0. The molecule has 9 nitrogen and oxygen atoms in total. The van der Waals surface area contributed by atoms with Crippen molar-refractivity contribution in [2.24, 2.45) is 5.92 Å². The quantitative estimate of drug-likeness (QED) is 0.218. The fourth-order valence-electron chi connectivity index (χ4n) is 6.99. The molecule has 0 unspecified atom stereocenters. The number of nitrogens with zero attached hydrogens (tertiary/aromatic N) is 6. The second kappa shape index (κ2) is 11.7. The molecular weight excluding hydrogens is 581 g/mol. The van der Waals surface area contributed by atoms with Gasteiger partial charge in [-0.25, -0.2) is 15.0 Å². The van der Waals surface area contributed by atoms with Crippen LogP contribution in [0.3, 0.4) is 0 Å². The number of nitrogens with two attached hydrogens (primary N) is 1. The maximum absolute atomic E-state index is 11.5. The number of nitrogens with one attached hydrogen (secondary N) is 1. The fourth-order valence-corrected chi connectivity index (χ4v) is 7.51. The zero-order valence-electron chi connectivity index (χ0n) is 24.8. The van der Waals surface area contributed by atoms with E-state index in [4.69, 9.17) is 15.7 Å². The highest BCUT2D eigenvalue weighted by molar-refractivity contribution is 7.02. The molecule has 0 atom stereocenters. The van der Waals surface area contributed by atoms with Crippen molar-refractivity contribution in [3.63, 3.8) is 0 Å². The minimum absolute atomic E-state index is 0.0438. The molecule has 45 heavy (non-hydrogen) atoms. The van der Waals surface area contributed by atoms with Gasteiger partial charge in [-0.3, -0.25) is 14.3 Å². The molecule has 2 fully saturated rings. The molecular formula is C35H34N8OS. The number of benzene rings is 2. The van der Waals surface area contributed by atoms with E-state index in [-0.39, 0.29) is 4.87 Å². The first-order chi connectivity index (χ1) is 22.1. The summed E-state index contributed by atoms with van der Waals surface area (Å²) in [6, 6.07) is 27.0. The lowest BCUT2D eigenvalue weighted by atomic mass is 9.80. The van der Waals surface area contributed by atoms with Gasteiger partial charge in [0.15, 0.2) is 11.5 Å². The Bertz CT molecular complexity index is 2000. The molecule has 6 aromatic rings. The lowest BCUT2D eigenvalue weighted by Crippen LogP contribution is -2.47. The van der Waals surface area contributed by atoms with Gasteiger partial charge in [-0.15, -0.1) is 0 Å². The third-order valence-electron chi connectivity index (χ3n) is 9.44. The van der Waals surface area contributed by atoms with Gasteiger partial charge in [-0.2, -0.15) is 4.37 Å². The van der Waals surface area contributed by atoms with Crippen LogP contribution in [-0.2, 0) is 0 Å². The number of pyridine rings is 2. The molecule has 2 aliphatic rings. The number of aromatic amines is 1. The smallest absolute Gasteiger partial charge is 0.323 e. The monoisotopic (exact) mass is 614 g/mol. The van der Waals surface area contributed by atoms with Gasteiger partial charge in [0.1, 0.15) is 17.2 Å². The summed E-state index contributed by atoms with van der Waals surface area (Å²) in [6.45, 7) is 3.33. The van der Waals surface area contributed by atoms with Gasteiger partial charge in [0.25, 0.3) is 0 Å². The van der Waals surface area contributed by atoms with E-state index in [0.717, 1.165) is 95.2 Å². The molecule has 0 radical (unpaired) electrons. The molecule has 1 saturated heterocycles. The van der Waals surface area contributed by atoms with Crippen molar-refractivity contribution in [2.45, 2.75) is 37.5 Å². The molecule has 0 bridgehead atoms. The van der Waals surface area contributed by atoms with Crippen LogP contribution in [0.5, 0.6) is 0 Å². The summed E-state index contributed by atoms with van der Waals surface area (Å²) in [5, 5.41) is 0. The standard InChI is InChI=1S/C35H34N8OS/c36-31-28(7-4-18-37-31)33-39-30-17-16-29(24-5-2-1-3-6-24)38-34(30)43(33)27-14-12-23(13-15-27)26-20-42(21-26)19-22-8-10-25(11-9-22)32-40-35(44)45-41-32/h1-7,12-18,22,25-26H,8-11,19-21H2,(H2,36,37)(H,40,41,44). The Hall–Kier alpha value is -4.67. The van der Waals surface area contributed by atoms with E-state index in [0.29, 0.717) is 17.7 Å². The number of H-pyrrole nitrogens is 1.